The molecule has 0 bridgehead atoms. The van der Waals surface area contributed by atoms with E-state index in [0.29, 0.717) is 16.6 Å². The van der Waals surface area contributed by atoms with E-state index in [9.17, 15) is 18.4 Å². The van der Waals surface area contributed by atoms with Gasteiger partial charge in [-0.3, -0.25) is 4.90 Å². The number of alkyl halides is 3. The molecule has 0 radical (unpaired) electrons. The number of fused-ring (bicyclic) bond motifs is 1. The summed E-state index contributed by atoms with van der Waals surface area (Å²) in [4.78, 5) is 1.08. The summed E-state index contributed by atoms with van der Waals surface area (Å²) in [7, 11) is 0. The molecule has 0 aliphatic heterocycles. The molecule has 21 heavy (non-hydrogen) atoms. The number of hydrogen-bond donors (Lipinski definition) is 1. The molecule has 0 fully saturated rings. The minimum atomic E-state index is -4.35. The van der Waals surface area contributed by atoms with Gasteiger partial charge in [-0.15, -0.1) is 0 Å². The molecule has 0 saturated carbocycles. The average Bonchev–Trinajstić information content (AvgIpc) is 2.74. The number of nitriles is 1. The molecule has 2 aromatic heterocycles. The second-order valence-electron chi connectivity index (χ2n) is 4.68. The maximum Gasteiger partial charge on any atom is 0.401 e. The van der Waals surface area contributed by atoms with Gasteiger partial charge in [0.1, 0.15) is 6.07 Å². The van der Waals surface area contributed by atoms with Crippen LogP contribution < -0.4 is 0 Å². The first-order valence-corrected chi connectivity index (χ1v) is 6.33. The normalized spacial score (nSPS) is 12.0. The summed E-state index contributed by atoms with van der Waals surface area (Å²) in [5.41, 5.74) is 1.54. The molecule has 0 saturated heterocycles. The van der Waals surface area contributed by atoms with Gasteiger partial charge < -0.3 is 9.51 Å². The highest BCUT2D eigenvalue weighted by molar-refractivity contribution is 5.65. The second kappa shape index (κ2) is 6.16. The van der Waals surface area contributed by atoms with E-state index in [-0.39, 0.29) is 19.7 Å². The minimum Gasteiger partial charge on any atom is -0.395 e. The second-order valence-corrected chi connectivity index (χ2v) is 4.68. The molecule has 7 heteroatoms. The van der Waals surface area contributed by atoms with Crippen LogP contribution in [0.2, 0.25) is 0 Å². The Kier molecular flexibility index (Phi) is 4.50. The lowest BCUT2D eigenvalue weighted by Gasteiger charge is -2.22. The lowest BCUT2D eigenvalue weighted by atomic mass is 10.1. The van der Waals surface area contributed by atoms with Gasteiger partial charge in [-0.1, -0.05) is 6.07 Å². The molecule has 2 heterocycles. The van der Waals surface area contributed by atoms with Crippen LogP contribution in [-0.4, -0.2) is 40.3 Å². The zero-order chi connectivity index (χ0) is 15.5. The van der Waals surface area contributed by atoms with E-state index in [2.05, 4.69) is 0 Å². The standard InChI is InChI=1S/C14H14F3N3O/c15-14(16,17)10-19(5-6-21)8-11-9-20-4-2-1-3-13(20)12(11)7-18/h1-4,9,21H,5-6,8,10H2. The van der Waals surface area contributed by atoms with Gasteiger partial charge in [0.05, 0.1) is 24.2 Å². The molecule has 0 spiro atoms. The third-order valence-electron chi connectivity index (χ3n) is 3.09. The Morgan fingerprint density at radius 3 is 2.71 bits per heavy atom. The number of rotatable bonds is 5. The summed E-state index contributed by atoms with van der Waals surface area (Å²) < 4.78 is 39.3. The molecule has 0 aromatic carbocycles. The maximum atomic E-state index is 12.5. The average molecular weight is 297 g/mol. The van der Waals surface area contributed by atoms with Crippen molar-refractivity contribution in [2.45, 2.75) is 12.7 Å². The van der Waals surface area contributed by atoms with Crippen molar-refractivity contribution >= 4 is 5.52 Å². The van der Waals surface area contributed by atoms with Crippen molar-refractivity contribution in [3.8, 4) is 6.07 Å². The topological polar surface area (TPSA) is 51.7 Å². The van der Waals surface area contributed by atoms with Gasteiger partial charge in [-0.05, 0) is 12.1 Å². The highest BCUT2D eigenvalue weighted by Crippen LogP contribution is 2.22. The van der Waals surface area contributed by atoms with Crippen LogP contribution in [-0.2, 0) is 6.54 Å². The Morgan fingerprint density at radius 2 is 2.10 bits per heavy atom. The van der Waals surface area contributed by atoms with Crippen molar-refractivity contribution < 1.29 is 18.3 Å². The number of nitrogens with zero attached hydrogens (tertiary/aromatic N) is 3. The molecule has 0 atom stereocenters. The molecular weight excluding hydrogens is 283 g/mol. The highest BCUT2D eigenvalue weighted by atomic mass is 19.4. The molecule has 112 valence electrons. The predicted octanol–water partition coefficient (Wildman–Crippen LogP) is 2.17. The smallest absolute Gasteiger partial charge is 0.395 e. The van der Waals surface area contributed by atoms with Gasteiger partial charge in [0, 0.05) is 31.0 Å². The monoisotopic (exact) mass is 297 g/mol. The molecule has 1 N–H and O–H groups in total. The Bertz CT molecular complexity index is 658. The zero-order valence-electron chi connectivity index (χ0n) is 11.1. The van der Waals surface area contributed by atoms with Crippen LogP contribution in [0.5, 0.6) is 0 Å². The lowest BCUT2D eigenvalue weighted by Crippen LogP contribution is -2.35. The summed E-state index contributed by atoms with van der Waals surface area (Å²) in [6.45, 7) is -1.63. The number of hydrogen-bond acceptors (Lipinski definition) is 3. The molecule has 0 aliphatic rings. The van der Waals surface area contributed by atoms with Gasteiger partial charge in [0.15, 0.2) is 0 Å². The number of pyridine rings is 1. The van der Waals surface area contributed by atoms with Gasteiger partial charge >= 0.3 is 6.18 Å². The number of halogens is 3. The number of aromatic nitrogens is 1. The summed E-state index contributed by atoms with van der Waals surface area (Å²) in [5, 5.41) is 18.1. The van der Waals surface area contributed by atoms with Crippen LogP contribution in [0.25, 0.3) is 5.52 Å². The van der Waals surface area contributed by atoms with Crippen molar-refractivity contribution in [1.29, 1.82) is 5.26 Å². The third-order valence-corrected chi connectivity index (χ3v) is 3.09. The van der Waals surface area contributed by atoms with Crippen LogP contribution in [0.15, 0.2) is 30.6 Å². The predicted molar refractivity (Wildman–Crippen MR) is 70.5 cm³/mol. The van der Waals surface area contributed by atoms with Crippen LogP contribution in [0.4, 0.5) is 13.2 Å². The van der Waals surface area contributed by atoms with E-state index in [4.69, 9.17) is 5.11 Å². The molecule has 2 aromatic rings. The summed E-state index contributed by atoms with van der Waals surface area (Å²) >= 11 is 0. The Hall–Kier alpha value is -2.04. The number of aliphatic hydroxyl groups excluding tert-OH is 1. The van der Waals surface area contributed by atoms with E-state index in [1.807, 2.05) is 6.07 Å². The van der Waals surface area contributed by atoms with Crippen molar-refractivity contribution in [1.82, 2.24) is 9.30 Å². The van der Waals surface area contributed by atoms with Crippen molar-refractivity contribution in [3.05, 3.63) is 41.7 Å². The fraction of sp³-hybridized carbons (Fsp3) is 0.357. The number of aliphatic hydroxyl groups is 1. The van der Waals surface area contributed by atoms with E-state index in [1.54, 1.807) is 35.0 Å². The third kappa shape index (κ3) is 3.74. The van der Waals surface area contributed by atoms with E-state index in [1.165, 1.54) is 0 Å². The minimum absolute atomic E-state index is 0.0371. The zero-order valence-corrected chi connectivity index (χ0v) is 11.1. The maximum absolute atomic E-state index is 12.5. The first-order chi connectivity index (χ1) is 9.94. The first-order valence-electron chi connectivity index (χ1n) is 6.33. The largest absolute Gasteiger partial charge is 0.401 e. The van der Waals surface area contributed by atoms with Crippen molar-refractivity contribution in [2.75, 3.05) is 19.7 Å². The van der Waals surface area contributed by atoms with E-state index >= 15 is 0 Å². The Labute approximate surface area is 119 Å². The van der Waals surface area contributed by atoms with Gasteiger partial charge in [0.2, 0.25) is 0 Å². The van der Waals surface area contributed by atoms with Crippen molar-refractivity contribution in [3.63, 3.8) is 0 Å². The van der Waals surface area contributed by atoms with Crippen LogP contribution in [0.1, 0.15) is 11.1 Å². The quantitative estimate of drug-likeness (QED) is 0.920. The SMILES string of the molecule is N#Cc1c(CN(CCO)CC(F)(F)F)cn2ccccc12. The Balaban J connectivity index is 2.30. The fourth-order valence-electron chi connectivity index (χ4n) is 2.28. The van der Waals surface area contributed by atoms with Gasteiger partial charge in [0.25, 0.3) is 0 Å². The van der Waals surface area contributed by atoms with Crippen molar-refractivity contribution in [2.24, 2.45) is 0 Å². The summed E-state index contributed by atoms with van der Waals surface area (Å²) in [6.07, 6.45) is -0.963. The van der Waals surface area contributed by atoms with Crippen LogP contribution >= 0.6 is 0 Å². The highest BCUT2D eigenvalue weighted by Gasteiger charge is 2.31. The molecule has 0 amide bonds. The summed E-state index contributed by atoms with van der Waals surface area (Å²) in [5.74, 6) is 0. The molecular formula is C14H14F3N3O. The van der Waals surface area contributed by atoms with Gasteiger partial charge in [-0.2, -0.15) is 18.4 Å². The lowest BCUT2D eigenvalue weighted by molar-refractivity contribution is -0.147. The van der Waals surface area contributed by atoms with E-state index < -0.39 is 12.7 Å². The van der Waals surface area contributed by atoms with Gasteiger partial charge in [-0.25, -0.2) is 0 Å². The Morgan fingerprint density at radius 1 is 1.33 bits per heavy atom. The molecule has 2 rings (SSSR count). The molecule has 4 nitrogen and oxygen atoms in total. The van der Waals surface area contributed by atoms with Crippen LogP contribution in [0.3, 0.4) is 0 Å². The summed E-state index contributed by atoms with van der Waals surface area (Å²) in [6, 6.07) is 7.32. The molecule has 0 aliphatic carbocycles. The van der Waals surface area contributed by atoms with Crippen LogP contribution in [0, 0.1) is 11.3 Å². The fourth-order valence-corrected chi connectivity index (χ4v) is 2.28. The molecule has 0 unspecified atom stereocenters. The first kappa shape index (κ1) is 15.4. The van der Waals surface area contributed by atoms with E-state index in [0.717, 1.165) is 4.90 Å².